The molecule has 18 heavy (non-hydrogen) atoms. The maximum absolute atomic E-state index is 14.2. The Balaban J connectivity index is 1.67. The highest BCUT2D eigenvalue weighted by Gasteiger charge is 2.26. The van der Waals surface area contributed by atoms with Gasteiger partial charge in [0.1, 0.15) is 6.33 Å². The molecule has 5 heteroatoms. The van der Waals surface area contributed by atoms with E-state index in [0.717, 1.165) is 32.3 Å². The van der Waals surface area contributed by atoms with Crippen LogP contribution in [-0.2, 0) is 4.74 Å². The van der Waals surface area contributed by atoms with Crippen LogP contribution in [0, 0.1) is 5.82 Å². The highest BCUT2D eigenvalue weighted by Crippen LogP contribution is 2.37. The number of anilines is 1. The highest BCUT2D eigenvalue weighted by atomic mass is 19.1. The molecule has 3 rings (SSSR count). The van der Waals surface area contributed by atoms with Crippen LogP contribution in [0.4, 0.5) is 10.2 Å². The van der Waals surface area contributed by atoms with Gasteiger partial charge in [0.05, 0.1) is 11.8 Å². The van der Waals surface area contributed by atoms with E-state index in [9.17, 15) is 4.39 Å². The summed E-state index contributed by atoms with van der Waals surface area (Å²) < 4.78 is 19.7. The van der Waals surface area contributed by atoms with Gasteiger partial charge in [0, 0.05) is 19.1 Å². The molecule has 4 nitrogen and oxygen atoms in total. The standard InChI is InChI=1S/C13H18FN3O/c14-11-12(9-3-1-4-9)16-8-17-13(11)15-7-10-5-2-6-18-10/h8-10H,1-7H2,(H,15,16,17). The molecule has 1 atom stereocenters. The van der Waals surface area contributed by atoms with E-state index in [1.807, 2.05) is 0 Å². The minimum absolute atomic E-state index is 0.187. The molecule has 0 spiro atoms. The Labute approximate surface area is 106 Å². The number of rotatable bonds is 4. The largest absolute Gasteiger partial charge is 0.376 e. The molecule has 1 aromatic heterocycles. The van der Waals surface area contributed by atoms with Crippen molar-refractivity contribution in [3.63, 3.8) is 0 Å². The second-order valence-electron chi connectivity index (χ2n) is 5.07. The molecule has 98 valence electrons. The monoisotopic (exact) mass is 251 g/mol. The maximum Gasteiger partial charge on any atom is 0.187 e. The molecule has 0 aromatic carbocycles. The van der Waals surface area contributed by atoms with Crippen molar-refractivity contribution in [3.8, 4) is 0 Å². The van der Waals surface area contributed by atoms with Crippen molar-refractivity contribution < 1.29 is 9.13 Å². The van der Waals surface area contributed by atoms with Gasteiger partial charge in [0.25, 0.3) is 0 Å². The van der Waals surface area contributed by atoms with Crippen LogP contribution >= 0.6 is 0 Å². The van der Waals surface area contributed by atoms with Crippen LogP contribution in [0.1, 0.15) is 43.7 Å². The Morgan fingerprint density at radius 3 is 2.83 bits per heavy atom. The summed E-state index contributed by atoms with van der Waals surface area (Å²) in [7, 11) is 0. The summed E-state index contributed by atoms with van der Waals surface area (Å²) in [4.78, 5) is 8.07. The van der Waals surface area contributed by atoms with Gasteiger partial charge < -0.3 is 10.1 Å². The first kappa shape index (κ1) is 11.8. The fraction of sp³-hybridized carbons (Fsp3) is 0.692. The van der Waals surface area contributed by atoms with Crippen LogP contribution in [0.2, 0.25) is 0 Å². The highest BCUT2D eigenvalue weighted by molar-refractivity contribution is 5.38. The quantitative estimate of drug-likeness (QED) is 0.893. The van der Waals surface area contributed by atoms with Gasteiger partial charge in [-0.05, 0) is 25.7 Å². The van der Waals surface area contributed by atoms with Crippen LogP contribution in [0.25, 0.3) is 0 Å². The first-order valence-electron chi connectivity index (χ1n) is 6.70. The van der Waals surface area contributed by atoms with Crippen molar-refractivity contribution in [1.29, 1.82) is 0 Å². The van der Waals surface area contributed by atoms with Gasteiger partial charge in [-0.25, -0.2) is 14.4 Å². The zero-order valence-electron chi connectivity index (χ0n) is 10.4. The van der Waals surface area contributed by atoms with E-state index >= 15 is 0 Å². The van der Waals surface area contributed by atoms with E-state index in [-0.39, 0.29) is 17.8 Å². The molecular formula is C13H18FN3O. The molecular weight excluding hydrogens is 233 g/mol. The maximum atomic E-state index is 14.2. The van der Waals surface area contributed by atoms with Crippen molar-refractivity contribution in [1.82, 2.24) is 9.97 Å². The van der Waals surface area contributed by atoms with E-state index < -0.39 is 0 Å². The molecule has 1 saturated heterocycles. The first-order chi connectivity index (χ1) is 8.84. The van der Waals surface area contributed by atoms with E-state index in [1.165, 1.54) is 12.7 Å². The van der Waals surface area contributed by atoms with Crippen molar-refractivity contribution >= 4 is 5.82 Å². The summed E-state index contributed by atoms with van der Waals surface area (Å²) in [6.07, 6.45) is 7.02. The summed E-state index contributed by atoms with van der Waals surface area (Å²) in [5, 5.41) is 3.05. The normalized spacial score (nSPS) is 23.9. The summed E-state index contributed by atoms with van der Waals surface area (Å²) in [5.41, 5.74) is 0.575. The van der Waals surface area contributed by atoms with Crippen LogP contribution in [0.3, 0.4) is 0 Å². The van der Waals surface area contributed by atoms with Crippen LogP contribution in [0.15, 0.2) is 6.33 Å². The van der Waals surface area contributed by atoms with Crippen molar-refractivity contribution in [3.05, 3.63) is 17.8 Å². The molecule has 1 saturated carbocycles. The summed E-state index contributed by atoms with van der Waals surface area (Å²) in [5.74, 6) is 0.332. The molecule has 2 heterocycles. The second kappa shape index (κ2) is 5.18. The lowest BCUT2D eigenvalue weighted by Crippen LogP contribution is -2.21. The lowest BCUT2D eigenvalue weighted by molar-refractivity contribution is 0.120. The molecule has 1 N–H and O–H groups in total. The number of hydrogen-bond donors (Lipinski definition) is 1. The topological polar surface area (TPSA) is 47.0 Å². The molecule has 1 unspecified atom stereocenters. The Bertz CT molecular complexity index is 417. The third-order valence-corrected chi connectivity index (χ3v) is 3.83. The molecule has 1 aliphatic heterocycles. The predicted molar refractivity (Wildman–Crippen MR) is 66.0 cm³/mol. The lowest BCUT2D eigenvalue weighted by atomic mass is 9.82. The number of nitrogens with zero attached hydrogens (tertiary/aromatic N) is 2. The van der Waals surface area contributed by atoms with Crippen molar-refractivity contribution in [2.24, 2.45) is 0 Å². The average Bonchev–Trinajstić information content (AvgIpc) is 2.81. The fourth-order valence-electron chi connectivity index (χ4n) is 2.49. The molecule has 0 amide bonds. The van der Waals surface area contributed by atoms with E-state index in [2.05, 4.69) is 15.3 Å². The lowest BCUT2D eigenvalue weighted by Gasteiger charge is -2.25. The molecule has 1 aromatic rings. The fourth-order valence-corrected chi connectivity index (χ4v) is 2.49. The van der Waals surface area contributed by atoms with E-state index in [4.69, 9.17) is 4.74 Å². The minimum atomic E-state index is -0.278. The Hall–Kier alpha value is -1.23. The third-order valence-electron chi connectivity index (χ3n) is 3.83. The molecule has 2 aliphatic rings. The SMILES string of the molecule is Fc1c(NCC2CCCO2)ncnc1C1CCC1. The third kappa shape index (κ3) is 2.32. The molecule has 0 radical (unpaired) electrons. The van der Waals surface area contributed by atoms with Crippen LogP contribution in [-0.4, -0.2) is 29.2 Å². The summed E-state index contributed by atoms with van der Waals surface area (Å²) in [6.45, 7) is 1.43. The summed E-state index contributed by atoms with van der Waals surface area (Å²) in [6, 6.07) is 0. The van der Waals surface area contributed by atoms with Gasteiger partial charge in [0.2, 0.25) is 0 Å². The van der Waals surface area contributed by atoms with Crippen LogP contribution in [0.5, 0.6) is 0 Å². The van der Waals surface area contributed by atoms with Crippen molar-refractivity contribution in [2.45, 2.75) is 44.1 Å². The van der Waals surface area contributed by atoms with Gasteiger partial charge >= 0.3 is 0 Å². The number of hydrogen-bond acceptors (Lipinski definition) is 4. The first-order valence-corrected chi connectivity index (χ1v) is 6.70. The Kier molecular flexibility index (Phi) is 3.41. The number of halogens is 1. The zero-order chi connectivity index (χ0) is 12.4. The summed E-state index contributed by atoms with van der Waals surface area (Å²) >= 11 is 0. The number of nitrogens with one attached hydrogen (secondary N) is 1. The number of aromatic nitrogens is 2. The van der Waals surface area contributed by atoms with Gasteiger partial charge in [-0.3, -0.25) is 0 Å². The van der Waals surface area contributed by atoms with E-state index in [1.54, 1.807) is 0 Å². The molecule has 0 bridgehead atoms. The van der Waals surface area contributed by atoms with Gasteiger partial charge in [-0.2, -0.15) is 0 Å². The van der Waals surface area contributed by atoms with Gasteiger partial charge in [-0.1, -0.05) is 6.42 Å². The van der Waals surface area contributed by atoms with Crippen LogP contribution < -0.4 is 5.32 Å². The molecule has 2 fully saturated rings. The number of ether oxygens (including phenoxy) is 1. The zero-order valence-corrected chi connectivity index (χ0v) is 10.4. The Morgan fingerprint density at radius 2 is 2.17 bits per heavy atom. The van der Waals surface area contributed by atoms with E-state index in [0.29, 0.717) is 18.1 Å². The average molecular weight is 251 g/mol. The predicted octanol–water partition coefficient (Wildman–Crippen LogP) is 2.47. The van der Waals surface area contributed by atoms with Gasteiger partial charge in [-0.15, -0.1) is 0 Å². The second-order valence-corrected chi connectivity index (χ2v) is 5.07. The van der Waals surface area contributed by atoms with Gasteiger partial charge in [0.15, 0.2) is 11.6 Å². The smallest absolute Gasteiger partial charge is 0.187 e. The molecule has 1 aliphatic carbocycles. The minimum Gasteiger partial charge on any atom is -0.376 e. The Morgan fingerprint density at radius 1 is 1.28 bits per heavy atom. The van der Waals surface area contributed by atoms with Crippen molar-refractivity contribution in [2.75, 3.05) is 18.5 Å².